The van der Waals surface area contributed by atoms with Crippen molar-refractivity contribution in [3.8, 4) is 22.8 Å². The lowest BCUT2D eigenvalue weighted by atomic mass is 9.98. The van der Waals surface area contributed by atoms with Gasteiger partial charge in [0.2, 0.25) is 0 Å². The number of imidazole rings is 1. The number of nitrogens with one attached hydrogen (secondary N) is 3. The van der Waals surface area contributed by atoms with Crippen molar-refractivity contribution < 1.29 is 5.11 Å². The zero-order chi connectivity index (χ0) is 29.6. The van der Waals surface area contributed by atoms with Gasteiger partial charge in [0.05, 0.1) is 28.0 Å². The smallest absolute Gasteiger partial charge is 0.149 e. The molecule has 6 heteroatoms. The summed E-state index contributed by atoms with van der Waals surface area (Å²) in [5, 5.41) is 26.0. The number of benzene rings is 6. The summed E-state index contributed by atoms with van der Waals surface area (Å²) in [6.45, 7) is 0. The lowest BCUT2D eigenvalue weighted by Gasteiger charge is -2.14. The monoisotopic (exact) mass is 569 g/mol. The second kappa shape index (κ2) is 10.3. The Balaban J connectivity index is 1.26. The first-order chi connectivity index (χ1) is 21.7. The quantitative estimate of drug-likeness (QED) is 0.151. The van der Waals surface area contributed by atoms with Gasteiger partial charge in [-0.05, 0) is 48.5 Å². The fourth-order valence-corrected chi connectivity index (χ4v) is 6.06. The number of aromatic amines is 1. The normalized spacial score (nSPS) is 11.4. The number of anilines is 2. The van der Waals surface area contributed by atoms with E-state index >= 15 is 0 Å². The number of rotatable bonds is 6. The molecule has 0 spiro atoms. The first-order valence-corrected chi connectivity index (χ1v) is 14.5. The number of nitrogens with zero attached hydrogens (tertiary/aromatic N) is 2. The average Bonchev–Trinajstić information content (AvgIpc) is 3.65. The molecule has 0 radical (unpaired) electrons. The van der Waals surface area contributed by atoms with Crippen LogP contribution >= 0.6 is 0 Å². The third-order valence-corrected chi connectivity index (χ3v) is 8.12. The lowest BCUT2D eigenvalue weighted by Crippen LogP contribution is -2.06. The van der Waals surface area contributed by atoms with Gasteiger partial charge in [0.1, 0.15) is 17.1 Å². The first-order valence-electron chi connectivity index (χ1n) is 14.5. The third-order valence-electron chi connectivity index (χ3n) is 8.12. The van der Waals surface area contributed by atoms with E-state index in [2.05, 4.69) is 33.1 Å². The topological polar surface area (TPSA) is 89.7 Å². The molecule has 0 aliphatic rings. The zero-order valence-electron chi connectivity index (χ0n) is 23.6. The molecule has 2 aromatic heterocycles. The van der Waals surface area contributed by atoms with Crippen LogP contribution in [-0.4, -0.2) is 25.4 Å². The molecule has 0 unspecified atom stereocenters. The minimum absolute atomic E-state index is 0.166. The number of para-hydroxylation sites is 6. The van der Waals surface area contributed by atoms with Crippen LogP contribution in [0.5, 0.6) is 5.75 Å². The largest absolute Gasteiger partial charge is 0.507 e. The van der Waals surface area contributed by atoms with Gasteiger partial charge in [-0.1, -0.05) is 91.0 Å². The summed E-state index contributed by atoms with van der Waals surface area (Å²) in [4.78, 5) is 8.64. The van der Waals surface area contributed by atoms with Crippen molar-refractivity contribution in [2.45, 2.75) is 0 Å². The lowest BCUT2D eigenvalue weighted by molar-refractivity contribution is 0.477. The molecule has 2 heterocycles. The maximum Gasteiger partial charge on any atom is 0.149 e. The summed E-state index contributed by atoms with van der Waals surface area (Å²) >= 11 is 0. The number of phenolic OH excluding ortho intramolecular Hbond substituents is 1. The molecule has 210 valence electrons. The van der Waals surface area contributed by atoms with E-state index in [0.717, 1.165) is 61.0 Å². The Morgan fingerprint density at radius 2 is 1.34 bits per heavy atom. The third kappa shape index (κ3) is 4.12. The molecule has 0 amide bonds. The van der Waals surface area contributed by atoms with Gasteiger partial charge in [0.25, 0.3) is 0 Å². The molecule has 4 N–H and O–H groups in total. The van der Waals surface area contributed by atoms with Crippen molar-refractivity contribution in [3.05, 3.63) is 151 Å². The number of hydrogen-bond donors (Lipinski definition) is 4. The van der Waals surface area contributed by atoms with Crippen molar-refractivity contribution >= 4 is 49.9 Å². The summed E-state index contributed by atoms with van der Waals surface area (Å²) in [6.07, 6.45) is 0. The van der Waals surface area contributed by atoms with Crippen LogP contribution in [0.1, 0.15) is 11.1 Å². The van der Waals surface area contributed by atoms with Crippen LogP contribution in [0.2, 0.25) is 0 Å². The van der Waals surface area contributed by atoms with E-state index in [4.69, 9.17) is 4.98 Å². The molecule has 0 bridgehead atoms. The molecule has 6 aromatic carbocycles. The van der Waals surface area contributed by atoms with Crippen LogP contribution < -0.4 is 5.32 Å². The summed E-state index contributed by atoms with van der Waals surface area (Å²) in [6, 6.07) is 45.6. The Bertz CT molecular complexity index is 2350. The van der Waals surface area contributed by atoms with E-state index in [9.17, 15) is 10.5 Å². The second-order valence-electron chi connectivity index (χ2n) is 10.7. The Hall–Kier alpha value is -6.14. The summed E-state index contributed by atoms with van der Waals surface area (Å²) in [7, 11) is 0. The van der Waals surface area contributed by atoms with Gasteiger partial charge >= 0.3 is 0 Å². The van der Waals surface area contributed by atoms with Gasteiger partial charge in [-0.15, -0.1) is 0 Å². The van der Waals surface area contributed by atoms with E-state index in [0.29, 0.717) is 17.1 Å². The molecule has 8 rings (SSSR count). The van der Waals surface area contributed by atoms with E-state index in [1.807, 2.05) is 115 Å². The number of hydrogen-bond acceptors (Lipinski definition) is 4. The Kier molecular flexibility index (Phi) is 5.98. The van der Waals surface area contributed by atoms with Gasteiger partial charge in [0, 0.05) is 38.8 Å². The summed E-state index contributed by atoms with van der Waals surface area (Å²) in [5.74, 6) is 0.810. The summed E-state index contributed by atoms with van der Waals surface area (Å²) < 4.78 is 2.07. The molecule has 8 aromatic rings. The highest BCUT2D eigenvalue weighted by Crippen LogP contribution is 2.37. The van der Waals surface area contributed by atoms with E-state index in [1.54, 1.807) is 6.07 Å². The van der Waals surface area contributed by atoms with E-state index < -0.39 is 0 Å². The van der Waals surface area contributed by atoms with Crippen LogP contribution in [0.15, 0.2) is 140 Å². The number of phenols is 1. The maximum absolute atomic E-state index is 10.8. The Labute approximate surface area is 253 Å². The predicted octanol–water partition coefficient (Wildman–Crippen LogP) is 9.19. The maximum atomic E-state index is 10.8. The van der Waals surface area contributed by atoms with Gasteiger partial charge in [-0.25, -0.2) is 4.98 Å². The predicted molar refractivity (Wildman–Crippen MR) is 180 cm³/mol. The molecular formula is C38H27N5O. The molecule has 0 fully saturated rings. The van der Waals surface area contributed by atoms with Crippen molar-refractivity contribution in [1.29, 1.82) is 5.41 Å². The molecule has 0 atom stereocenters. The second-order valence-corrected chi connectivity index (χ2v) is 10.7. The highest BCUT2D eigenvalue weighted by molar-refractivity contribution is 6.22. The number of fused-ring (bicyclic) bond motifs is 4. The standard InChI is InChI=1S/C38H27N5O/c39-35(29-18-10-17-26-25-14-4-7-19-30(25)41-36(26)29)27-15-5-8-20-31(27)40-32-21-11-22-33-37(32)42-38(28-16-6-9-23-34(28)44)43(33)24-12-2-1-3-13-24/h1-23,39-41,44H. The first kappa shape index (κ1) is 25.6. The molecule has 0 aliphatic carbocycles. The minimum atomic E-state index is 0.166. The summed E-state index contributed by atoms with van der Waals surface area (Å²) in [5.41, 5.74) is 8.88. The van der Waals surface area contributed by atoms with Crippen LogP contribution in [0, 0.1) is 5.41 Å². The number of aromatic hydroxyl groups is 1. The van der Waals surface area contributed by atoms with Gasteiger partial charge in [-0.2, -0.15) is 0 Å². The van der Waals surface area contributed by atoms with Crippen LogP contribution in [0.3, 0.4) is 0 Å². The molecule has 6 nitrogen and oxygen atoms in total. The highest BCUT2D eigenvalue weighted by atomic mass is 16.3. The molecule has 0 saturated heterocycles. The van der Waals surface area contributed by atoms with Gasteiger partial charge in [-0.3, -0.25) is 9.98 Å². The molecule has 44 heavy (non-hydrogen) atoms. The van der Waals surface area contributed by atoms with E-state index in [-0.39, 0.29) is 5.75 Å². The van der Waals surface area contributed by atoms with Crippen LogP contribution in [0.25, 0.3) is 49.9 Å². The van der Waals surface area contributed by atoms with Gasteiger partial charge in [0.15, 0.2) is 0 Å². The average molecular weight is 570 g/mol. The fourth-order valence-electron chi connectivity index (χ4n) is 6.06. The van der Waals surface area contributed by atoms with Crippen molar-refractivity contribution in [2.24, 2.45) is 0 Å². The van der Waals surface area contributed by atoms with Crippen LogP contribution in [0.4, 0.5) is 11.4 Å². The number of aromatic nitrogens is 3. The van der Waals surface area contributed by atoms with E-state index in [1.165, 1.54) is 0 Å². The van der Waals surface area contributed by atoms with Crippen molar-refractivity contribution in [1.82, 2.24) is 14.5 Å². The van der Waals surface area contributed by atoms with Crippen molar-refractivity contribution in [3.63, 3.8) is 0 Å². The Morgan fingerprint density at radius 1 is 0.659 bits per heavy atom. The highest BCUT2D eigenvalue weighted by Gasteiger charge is 2.20. The minimum Gasteiger partial charge on any atom is -0.507 e. The zero-order valence-corrected chi connectivity index (χ0v) is 23.6. The molecule has 0 saturated carbocycles. The molecule has 0 aliphatic heterocycles. The molecular weight excluding hydrogens is 542 g/mol. The van der Waals surface area contributed by atoms with Crippen LogP contribution in [-0.2, 0) is 0 Å². The van der Waals surface area contributed by atoms with Crippen molar-refractivity contribution in [2.75, 3.05) is 5.32 Å². The SMILES string of the molecule is N=C(c1ccccc1Nc1cccc2c1nc(-c1ccccc1O)n2-c1ccccc1)c1cccc2c1[nH]c1ccccc12. The fraction of sp³-hybridized carbons (Fsp3) is 0. The Morgan fingerprint density at radius 3 is 2.23 bits per heavy atom. The van der Waals surface area contributed by atoms with Gasteiger partial charge < -0.3 is 15.4 Å². The number of H-pyrrole nitrogens is 1.